The molecule has 1 aromatic heterocycles. The van der Waals surface area contributed by atoms with Crippen LogP contribution in [-0.2, 0) is 0 Å². The van der Waals surface area contributed by atoms with E-state index in [4.69, 9.17) is 5.26 Å². The average molecular weight is 286 g/mol. The van der Waals surface area contributed by atoms with E-state index in [1.54, 1.807) is 6.07 Å². The molecule has 0 saturated heterocycles. The van der Waals surface area contributed by atoms with E-state index in [0.717, 1.165) is 6.20 Å². The van der Waals surface area contributed by atoms with E-state index in [1.807, 2.05) is 5.32 Å². The van der Waals surface area contributed by atoms with Crippen molar-refractivity contribution in [2.24, 2.45) is 0 Å². The SMILES string of the molecule is N#Cc1ccnc(Nc2c(F)c(F)c(F)c(F)c2F)n1. The standard InChI is InChI=1S/C11H3F5N4/c12-5-6(13)8(15)10(9(16)7(5)14)20-11-18-2-1-4(3-17)19-11/h1-2H,(H,18,19,20). The Morgan fingerprint density at radius 2 is 1.50 bits per heavy atom. The maximum atomic E-state index is 13.4. The minimum absolute atomic E-state index is 0.147. The number of hydrogen-bond acceptors (Lipinski definition) is 4. The van der Waals surface area contributed by atoms with Gasteiger partial charge in [0, 0.05) is 6.20 Å². The molecule has 0 radical (unpaired) electrons. The number of benzene rings is 1. The number of nitrogens with zero attached hydrogens (tertiary/aromatic N) is 3. The van der Waals surface area contributed by atoms with Gasteiger partial charge in [-0.3, -0.25) is 0 Å². The lowest BCUT2D eigenvalue weighted by Gasteiger charge is -2.09. The van der Waals surface area contributed by atoms with Crippen molar-refractivity contribution in [2.45, 2.75) is 0 Å². The molecule has 20 heavy (non-hydrogen) atoms. The van der Waals surface area contributed by atoms with Crippen LogP contribution in [0.15, 0.2) is 12.3 Å². The van der Waals surface area contributed by atoms with Crippen molar-refractivity contribution in [1.29, 1.82) is 5.26 Å². The molecule has 0 bridgehead atoms. The summed E-state index contributed by atoms with van der Waals surface area (Å²) >= 11 is 0. The third-order valence-electron chi connectivity index (χ3n) is 2.22. The number of anilines is 2. The predicted octanol–water partition coefficient (Wildman–Crippen LogP) is 2.79. The average Bonchev–Trinajstić information content (AvgIpc) is 2.48. The summed E-state index contributed by atoms with van der Waals surface area (Å²) in [6.07, 6.45) is 1.08. The van der Waals surface area contributed by atoms with Gasteiger partial charge < -0.3 is 5.32 Å². The monoisotopic (exact) mass is 286 g/mol. The lowest BCUT2D eigenvalue weighted by Crippen LogP contribution is -2.08. The molecule has 1 aromatic carbocycles. The largest absolute Gasteiger partial charge is 0.319 e. The van der Waals surface area contributed by atoms with Gasteiger partial charge in [0.15, 0.2) is 23.3 Å². The fraction of sp³-hybridized carbons (Fsp3) is 0. The molecule has 0 spiro atoms. The normalized spacial score (nSPS) is 10.2. The van der Waals surface area contributed by atoms with Crippen LogP contribution in [-0.4, -0.2) is 9.97 Å². The van der Waals surface area contributed by atoms with Crippen LogP contribution in [0.2, 0.25) is 0 Å². The first-order valence-electron chi connectivity index (χ1n) is 4.97. The summed E-state index contributed by atoms with van der Waals surface area (Å²) in [5, 5.41) is 10.4. The topological polar surface area (TPSA) is 61.6 Å². The number of nitrogens with one attached hydrogen (secondary N) is 1. The predicted molar refractivity (Wildman–Crippen MR) is 56.3 cm³/mol. The summed E-state index contributed by atoms with van der Waals surface area (Å²) in [7, 11) is 0. The van der Waals surface area contributed by atoms with Crippen molar-refractivity contribution in [3.05, 3.63) is 47.0 Å². The number of hydrogen-bond donors (Lipinski definition) is 1. The highest BCUT2D eigenvalue weighted by Gasteiger charge is 2.26. The van der Waals surface area contributed by atoms with Gasteiger partial charge in [-0.1, -0.05) is 0 Å². The van der Waals surface area contributed by atoms with Crippen molar-refractivity contribution >= 4 is 11.6 Å². The van der Waals surface area contributed by atoms with Crippen LogP contribution >= 0.6 is 0 Å². The van der Waals surface area contributed by atoms with E-state index in [0.29, 0.717) is 0 Å². The fourth-order valence-electron chi connectivity index (χ4n) is 1.31. The van der Waals surface area contributed by atoms with Gasteiger partial charge in [0.1, 0.15) is 17.5 Å². The second-order valence-corrected chi connectivity index (χ2v) is 3.45. The number of rotatable bonds is 2. The Bertz CT molecular complexity index is 696. The van der Waals surface area contributed by atoms with Crippen LogP contribution in [0, 0.1) is 40.4 Å². The van der Waals surface area contributed by atoms with Gasteiger partial charge in [-0.05, 0) is 6.07 Å². The molecule has 0 unspecified atom stereocenters. The van der Waals surface area contributed by atoms with Crippen LogP contribution in [0.25, 0.3) is 0 Å². The van der Waals surface area contributed by atoms with Crippen molar-refractivity contribution in [3.63, 3.8) is 0 Å². The van der Waals surface area contributed by atoms with Gasteiger partial charge in [0.05, 0.1) is 0 Å². The highest BCUT2D eigenvalue weighted by Crippen LogP contribution is 2.28. The van der Waals surface area contributed by atoms with Crippen molar-refractivity contribution in [2.75, 3.05) is 5.32 Å². The zero-order valence-corrected chi connectivity index (χ0v) is 9.39. The molecule has 2 aromatic rings. The second kappa shape index (κ2) is 5.08. The Kier molecular flexibility index (Phi) is 3.47. The van der Waals surface area contributed by atoms with Gasteiger partial charge in [0.2, 0.25) is 11.8 Å². The molecule has 0 aliphatic carbocycles. The van der Waals surface area contributed by atoms with Crippen LogP contribution < -0.4 is 5.32 Å². The molecule has 4 nitrogen and oxygen atoms in total. The fourth-order valence-corrected chi connectivity index (χ4v) is 1.31. The molecular weight excluding hydrogens is 283 g/mol. The van der Waals surface area contributed by atoms with E-state index >= 15 is 0 Å². The maximum absolute atomic E-state index is 13.4. The highest BCUT2D eigenvalue weighted by molar-refractivity contribution is 5.56. The van der Waals surface area contributed by atoms with Crippen molar-refractivity contribution in [1.82, 2.24) is 9.97 Å². The number of halogens is 5. The Morgan fingerprint density at radius 1 is 0.950 bits per heavy atom. The van der Waals surface area contributed by atoms with E-state index < -0.39 is 40.7 Å². The summed E-state index contributed by atoms with van der Waals surface area (Å²) in [6.45, 7) is 0. The Hall–Kier alpha value is -2.76. The number of aromatic nitrogens is 2. The van der Waals surface area contributed by atoms with Gasteiger partial charge in [0.25, 0.3) is 0 Å². The molecule has 0 fully saturated rings. The van der Waals surface area contributed by atoms with E-state index in [-0.39, 0.29) is 5.69 Å². The summed E-state index contributed by atoms with van der Waals surface area (Å²) in [6, 6.07) is 2.83. The van der Waals surface area contributed by atoms with E-state index in [9.17, 15) is 22.0 Å². The first-order valence-corrected chi connectivity index (χ1v) is 4.97. The van der Waals surface area contributed by atoms with Gasteiger partial charge in [-0.25, -0.2) is 31.9 Å². The molecule has 9 heteroatoms. The van der Waals surface area contributed by atoms with Crippen LogP contribution in [0.5, 0.6) is 0 Å². The molecule has 0 saturated carbocycles. The summed E-state index contributed by atoms with van der Waals surface area (Å²) in [5.41, 5.74) is -1.44. The molecule has 1 heterocycles. The lowest BCUT2D eigenvalue weighted by atomic mass is 10.2. The first kappa shape index (κ1) is 13.7. The van der Waals surface area contributed by atoms with Crippen LogP contribution in [0.3, 0.4) is 0 Å². The van der Waals surface area contributed by atoms with Crippen LogP contribution in [0.4, 0.5) is 33.6 Å². The van der Waals surface area contributed by atoms with E-state index in [2.05, 4.69) is 9.97 Å². The molecule has 0 atom stereocenters. The van der Waals surface area contributed by atoms with E-state index in [1.165, 1.54) is 6.07 Å². The van der Waals surface area contributed by atoms with Gasteiger partial charge >= 0.3 is 0 Å². The minimum atomic E-state index is -2.27. The maximum Gasteiger partial charge on any atom is 0.228 e. The zero-order chi connectivity index (χ0) is 14.9. The smallest absolute Gasteiger partial charge is 0.228 e. The number of nitriles is 1. The third-order valence-corrected chi connectivity index (χ3v) is 2.22. The van der Waals surface area contributed by atoms with Crippen molar-refractivity contribution in [3.8, 4) is 6.07 Å². The molecule has 102 valence electrons. The summed E-state index contributed by atoms with van der Waals surface area (Å²) in [5.74, 6) is -11.0. The molecule has 2 rings (SSSR count). The quantitative estimate of drug-likeness (QED) is 0.524. The zero-order valence-electron chi connectivity index (χ0n) is 9.39. The summed E-state index contributed by atoms with van der Waals surface area (Å²) in [4.78, 5) is 7.00. The highest BCUT2D eigenvalue weighted by atomic mass is 19.2. The van der Waals surface area contributed by atoms with Gasteiger partial charge in [-0.2, -0.15) is 5.26 Å². The molecule has 0 aliphatic rings. The van der Waals surface area contributed by atoms with Crippen LogP contribution in [0.1, 0.15) is 5.69 Å². The van der Waals surface area contributed by atoms with Crippen molar-refractivity contribution < 1.29 is 22.0 Å². The molecule has 1 N–H and O–H groups in total. The summed E-state index contributed by atoms with van der Waals surface area (Å²) < 4.78 is 65.5. The molecule has 0 aliphatic heterocycles. The Labute approximate surface area is 108 Å². The third kappa shape index (κ3) is 2.23. The molecular formula is C11H3F5N4. The second-order valence-electron chi connectivity index (χ2n) is 3.45. The Balaban J connectivity index is 2.52. The first-order chi connectivity index (χ1) is 9.45. The van der Waals surface area contributed by atoms with Gasteiger partial charge in [-0.15, -0.1) is 0 Å². The Morgan fingerprint density at radius 3 is 2.05 bits per heavy atom. The minimum Gasteiger partial charge on any atom is -0.319 e. The molecule has 0 amide bonds. The lowest BCUT2D eigenvalue weighted by molar-refractivity contribution is 0.382.